The van der Waals surface area contributed by atoms with Gasteiger partial charge in [-0.25, -0.2) is 4.98 Å². The number of thioether (sulfide) groups is 1. The van der Waals surface area contributed by atoms with Gasteiger partial charge in [0.05, 0.1) is 18.2 Å². The van der Waals surface area contributed by atoms with Crippen molar-refractivity contribution in [2.45, 2.75) is 19.4 Å². The minimum absolute atomic E-state index is 0.463. The van der Waals surface area contributed by atoms with E-state index in [2.05, 4.69) is 46.2 Å². The topological polar surface area (TPSA) is 29.9 Å². The fourth-order valence-corrected chi connectivity index (χ4v) is 3.38. The fourth-order valence-electron chi connectivity index (χ4n) is 2.74. The van der Waals surface area contributed by atoms with E-state index in [9.17, 15) is 0 Å². The van der Waals surface area contributed by atoms with E-state index >= 15 is 0 Å². The molecule has 1 atom stereocenters. The lowest BCUT2D eigenvalue weighted by atomic mass is 10.1. The number of fused-ring (bicyclic) bond motifs is 1. The molecule has 0 amide bonds. The molecule has 0 bridgehead atoms. The number of hydrogen-bond acceptors (Lipinski definition) is 3. The highest BCUT2D eigenvalue weighted by Crippen LogP contribution is 2.35. The second-order valence-electron chi connectivity index (χ2n) is 5.01. The minimum atomic E-state index is 0.463. The molecule has 0 spiro atoms. The molecule has 1 unspecified atom stereocenters. The number of aromatic nitrogens is 2. The highest BCUT2D eigenvalue weighted by molar-refractivity contribution is 7.98. The predicted molar refractivity (Wildman–Crippen MR) is 82.9 cm³/mol. The van der Waals surface area contributed by atoms with Gasteiger partial charge in [-0.3, -0.25) is 0 Å². The fraction of sp³-hybridized carbons (Fsp3) is 0.400. The largest absolute Gasteiger partial charge is 0.384 e. The lowest BCUT2D eigenvalue weighted by Gasteiger charge is -2.17. The minimum Gasteiger partial charge on any atom is -0.384 e. The number of hydrogen-bond donors (Lipinski definition) is 1. The monoisotopic (exact) mass is 273 g/mol. The van der Waals surface area contributed by atoms with Crippen molar-refractivity contribution in [3.8, 4) is 11.3 Å². The van der Waals surface area contributed by atoms with E-state index in [1.807, 2.05) is 24.3 Å². The summed E-state index contributed by atoms with van der Waals surface area (Å²) in [7, 11) is 0. The Morgan fingerprint density at radius 3 is 3.21 bits per heavy atom. The van der Waals surface area contributed by atoms with Gasteiger partial charge < -0.3 is 9.88 Å². The van der Waals surface area contributed by atoms with Crippen LogP contribution in [0.2, 0.25) is 0 Å². The summed E-state index contributed by atoms with van der Waals surface area (Å²) in [6.07, 6.45) is 7.20. The third-order valence-electron chi connectivity index (χ3n) is 3.67. The molecular formula is C15H19N3S. The molecule has 3 nitrogen and oxygen atoms in total. The number of benzene rings is 1. The van der Waals surface area contributed by atoms with E-state index in [1.165, 1.54) is 22.5 Å². The number of anilines is 1. The van der Waals surface area contributed by atoms with E-state index in [-0.39, 0.29) is 0 Å². The molecule has 1 aromatic carbocycles. The second-order valence-corrected chi connectivity index (χ2v) is 5.92. The molecular weight excluding hydrogens is 254 g/mol. The van der Waals surface area contributed by atoms with Crippen LogP contribution >= 0.6 is 11.8 Å². The van der Waals surface area contributed by atoms with Gasteiger partial charge in [0.2, 0.25) is 0 Å². The number of nitrogens with zero attached hydrogens (tertiary/aromatic N) is 2. The maximum Gasteiger partial charge on any atom is 0.0953 e. The average molecular weight is 273 g/mol. The van der Waals surface area contributed by atoms with Crippen LogP contribution in [0.4, 0.5) is 5.69 Å². The lowest BCUT2D eigenvalue weighted by Crippen LogP contribution is -2.08. The molecule has 100 valence electrons. The highest BCUT2D eigenvalue weighted by atomic mass is 32.2. The molecule has 2 aromatic rings. The Morgan fingerprint density at radius 2 is 2.37 bits per heavy atom. The number of para-hydroxylation sites is 1. The van der Waals surface area contributed by atoms with E-state index in [0.717, 1.165) is 18.7 Å². The quantitative estimate of drug-likeness (QED) is 0.925. The molecule has 3 rings (SSSR count). The zero-order valence-electron chi connectivity index (χ0n) is 11.4. The van der Waals surface area contributed by atoms with Crippen LogP contribution in [0, 0.1) is 0 Å². The molecule has 2 heterocycles. The molecule has 1 aliphatic heterocycles. The second kappa shape index (κ2) is 5.29. The van der Waals surface area contributed by atoms with Gasteiger partial charge in [0.25, 0.3) is 0 Å². The smallest absolute Gasteiger partial charge is 0.0953 e. The summed E-state index contributed by atoms with van der Waals surface area (Å²) < 4.78 is 2.28. The summed E-state index contributed by atoms with van der Waals surface area (Å²) in [5.74, 6) is 1.10. The van der Waals surface area contributed by atoms with Crippen LogP contribution in [0.3, 0.4) is 0 Å². The van der Waals surface area contributed by atoms with Crippen LogP contribution < -0.4 is 5.32 Å². The molecule has 0 saturated carbocycles. The summed E-state index contributed by atoms with van der Waals surface area (Å²) in [6.45, 7) is 3.29. The molecule has 0 aliphatic carbocycles. The standard InChI is InChI=1S/C15H19N3S/c1-11(9-19-2)18-10-16-8-14(18)13-5-3-4-12-6-7-17-15(12)13/h3-5,8,10-11,17H,6-7,9H2,1-2H3. The van der Waals surface area contributed by atoms with Crippen molar-refractivity contribution < 1.29 is 0 Å². The van der Waals surface area contributed by atoms with E-state index in [1.54, 1.807) is 0 Å². The first kappa shape index (κ1) is 12.6. The van der Waals surface area contributed by atoms with Gasteiger partial charge in [0, 0.05) is 29.6 Å². The SMILES string of the molecule is CSCC(C)n1cncc1-c1cccc2c1NCC2. The van der Waals surface area contributed by atoms with Crippen LogP contribution in [-0.2, 0) is 6.42 Å². The van der Waals surface area contributed by atoms with E-state index in [4.69, 9.17) is 0 Å². The van der Waals surface area contributed by atoms with E-state index < -0.39 is 0 Å². The van der Waals surface area contributed by atoms with Crippen molar-refractivity contribution in [3.63, 3.8) is 0 Å². The Hall–Kier alpha value is -1.42. The van der Waals surface area contributed by atoms with Gasteiger partial charge in [-0.05, 0) is 25.2 Å². The van der Waals surface area contributed by atoms with Crippen LogP contribution in [0.1, 0.15) is 18.5 Å². The zero-order chi connectivity index (χ0) is 13.2. The van der Waals surface area contributed by atoms with Crippen LogP contribution in [-0.4, -0.2) is 28.1 Å². The zero-order valence-corrected chi connectivity index (χ0v) is 12.2. The first-order chi connectivity index (χ1) is 9.31. The molecule has 1 aliphatic rings. The van der Waals surface area contributed by atoms with Gasteiger partial charge in [-0.15, -0.1) is 0 Å². The first-order valence-corrected chi connectivity index (χ1v) is 8.07. The predicted octanol–water partition coefficient (Wildman–Crippen LogP) is 3.44. The van der Waals surface area contributed by atoms with Gasteiger partial charge >= 0.3 is 0 Å². The Labute approximate surface area is 118 Å². The highest BCUT2D eigenvalue weighted by Gasteiger charge is 2.18. The van der Waals surface area contributed by atoms with Crippen molar-refractivity contribution in [2.24, 2.45) is 0 Å². The third kappa shape index (κ3) is 2.25. The molecule has 0 fully saturated rings. The van der Waals surface area contributed by atoms with Gasteiger partial charge in [-0.2, -0.15) is 11.8 Å². The third-order valence-corrected chi connectivity index (χ3v) is 4.49. The van der Waals surface area contributed by atoms with Crippen LogP contribution in [0.25, 0.3) is 11.3 Å². The van der Waals surface area contributed by atoms with Crippen molar-refractivity contribution in [1.29, 1.82) is 0 Å². The molecule has 0 radical (unpaired) electrons. The molecule has 1 N–H and O–H groups in total. The van der Waals surface area contributed by atoms with Gasteiger partial charge in [-0.1, -0.05) is 18.2 Å². The van der Waals surface area contributed by atoms with Crippen molar-refractivity contribution in [1.82, 2.24) is 9.55 Å². The Bertz CT molecular complexity index is 577. The Balaban J connectivity index is 2.04. The average Bonchev–Trinajstić information content (AvgIpc) is 3.07. The van der Waals surface area contributed by atoms with Gasteiger partial charge in [0.1, 0.15) is 0 Å². The Morgan fingerprint density at radius 1 is 1.47 bits per heavy atom. The maximum absolute atomic E-state index is 4.35. The molecule has 19 heavy (non-hydrogen) atoms. The summed E-state index contributed by atoms with van der Waals surface area (Å²) in [6, 6.07) is 7.02. The van der Waals surface area contributed by atoms with Crippen molar-refractivity contribution in [2.75, 3.05) is 23.9 Å². The van der Waals surface area contributed by atoms with Crippen molar-refractivity contribution >= 4 is 17.4 Å². The molecule has 0 saturated heterocycles. The van der Waals surface area contributed by atoms with E-state index in [0.29, 0.717) is 6.04 Å². The lowest BCUT2D eigenvalue weighted by molar-refractivity contribution is 0.615. The molecule has 4 heteroatoms. The normalized spacial score (nSPS) is 15.1. The summed E-state index contributed by atoms with van der Waals surface area (Å²) in [5.41, 5.74) is 5.21. The summed E-state index contributed by atoms with van der Waals surface area (Å²) in [4.78, 5) is 4.35. The Kier molecular flexibility index (Phi) is 3.51. The maximum atomic E-state index is 4.35. The number of nitrogens with one attached hydrogen (secondary N) is 1. The van der Waals surface area contributed by atoms with Gasteiger partial charge in [0.15, 0.2) is 0 Å². The van der Waals surface area contributed by atoms with Crippen molar-refractivity contribution in [3.05, 3.63) is 36.3 Å². The summed E-state index contributed by atoms with van der Waals surface area (Å²) >= 11 is 1.87. The number of imidazole rings is 1. The van der Waals surface area contributed by atoms with Crippen LogP contribution in [0.5, 0.6) is 0 Å². The van der Waals surface area contributed by atoms with Crippen LogP contribution in [0.15, 0.2) is 30.7 Å². The number of rotatable bonds is 4. The molecule has 1 aromatic heterocycles. The first-order valence-electron chi connectivity index (χ1n) is 6.68. The summed E-state index contributed by atoms with van der Waals surface area (Å²) in [5, 5.41) is 3.51.